The van der Waals surface area contributed by atoms with Crippen LogP contribution in [0.1, 0.15) is 15.9 Å². The molecule has 0 heterocycles. The van der Waals surface area contributed by atoms with Crippen molar-refractivity contribution in [1.82, 2.24) is 5.32 Å². The molecule has 2 aromatic rings. The lowest BCUT2D eigenvalue weighted by Crippen LogP contribution is -2.23. The Bertz CT molecular complexity index is 571. The van der Waals surface area contributed by atoms with Gasteiger partial charge in [0.15, 0.2) is 0 Å². The van der Waals surface area contributed by atoms with E-state index in [0.717, 1.165) is 9.13 Å². The van der Waals surface area contributed by atoms with Crippen molar-refractivity contribution in [3.63, 3.8) is 0 Å². The number of halogens is 2. The molecular formula is C14H11FINO. The van der Waals surface area contributed by atoms with Crippen molar-refractivity contribution in [3.8, 4) is 0 Å². The van der Waals surface area contributed by atoms with Crippen LogP contribution >= 0.6 is 22.6 Å². The van der Waals surface area contributed by atoms with Gasteiger partial charge < -0.3 is 5.32 Å². The molecule has 0 atom stereocenters. The van der Waals surface area contributed by atoms with E-state index >= 15 is 0 Å². The summed E-state index contributed by atoms with van der Waals surface area (Å²) >= 11 is 2.11. The SMILES string of the molecule is O=C(NCc1cccc(F)c1)c1ccccc1I. The number of hydrogen-bond donors (Lipinski definition) is 1. The zero-order valence-electron chi connectivity index (χ0n) is 9.49. The number of hydrogen-bond acceptors (Lipinski definition) is 1. The van der Waals surface area contributed by atoms with E-state index in [0.29, 0.717) is 12.1 Å². The highest BCUT2D eigenvalue weighted by Gasteiger charge is 2.08. The predicted octanol–water partition coefficient (Wildman–Crippen LogP) is 3.36. The molecular weight excluding hydrogens is 344 g/mol. The van der Waals surface area contributed by atoms with Crippen molar-refractivity contribution in [2.75, 3.05) is 0 Å². The predicted molar refractivity (Wildman–Crippen MR) is 76.7 cm³/mol. The second-order valence-electron chi connectivity index (χ2n) is 3.79. The fraction of sp³-hybridized carbons (Fsp3) is 0.0714. The number of carbonyl (C=O) groups is 1. The summed E-state index contributed by atoms with van der Waals surface area (Å²) in [5, 5.41) is 2.77. The van der Waals surface area contributed by atoms with Crippen molar-refractivity contribution < 1.29 is 9.18 Å². The van der Waals surface area contributed by atoms with Gasteiger partial charge in [0, 0.05) is 10.1 Å². The molecule has 0 saturated carbocycles. The van der Waals surface area contributed by atoms with Crippen LogP contribution in [0.3, 0.4) is 0 Å². The lowest BCUT2D eigenvalue weighted by Gasteiger charge is -2.07. The van der Waals surface area contributed by atoms with E-state index in [-0.39, 0.29) is 11.7 Å². The zero-order chi connectivity index (χ0) is 13.0. The quantitative estimate of drug-likeness (QED) is 0.841. The standard InChI is InChI=1S/C14H11FINO/c15-11-5-3-4-10(8-11)9-17-14(18)12-6-1-2-7-13(12)16/h1-8H,9H2,(H,17,18). The first-order valence-corrected chi connectivity index (χ1v) is 6.52. The Kier molecular flexibility index (Phi) is 4.30. The molecule has 2 aromatic carbocycles. The second kappa shape index (κ2) is 5.95. The minimum Gasteiger partial charge on any atom is -0.348 e. The molecule has 1 amide bonds. The first-order valence-electron chi connectivity index (χ1n) is 5.44. The molecule has 0 aliphatic heterocycles. The molecule has 0 bridgehead atoms. The van der Waals surface area contributed by atoms with Crippen molar-refractivity contribution in [2.45, 2.75) is 6.54 Å². The molecule has 4 heteroatoms. The minimum absolute atomic E-state index is 0.149. The van der Waals surface area contributed by atoms with Crippen molar-refractivity contribution >= 4 is 28.5 Å². The highest BCUT2D eigenvalue weighted by atomic mass is 127. The average molecular weight is 355 g/mol. The summed E-state index contributed by atoms with van der Waals surface area (Å²) in [5.74, 6) is -0.444. The maximum Gasteiger partial charge on any atom is 0.252 e. The molecule has 2 rings (SSSR count). The summed E-state index contributed by atoms with van der Waals surface area (Å²) < 4.78 is 13.9. The first-order chi connectivity index (χ1) is 8.66. The van der Waals surface area contributed by atoms with E-state index < -0.39 is 0 Å². The molecule has 18 heavy (non-hydrogen) atoms. The van der Waals surface area contributed by atoms with Crippen LogP contribution in [0.2, 0.25) is 0 Å². The number of benzene rings is 2. The molecule has 0 fully saturated rings. The van der Waals surface area contributed by atoms with E-state index in [9.17, 15) is 9.18 Å². The minimum atomic E-state index is -0.295. The molecule has 0 aliphatic rings. The Morgan fingerprint density at radius 1 is 1.17 bits per heavy atom. The van der Waals surface area contributed by atoms with Gasteiger partial charge in [-0.1, -0.05) is 24.3 Å². The molecule has 0 aliphatic carbocycles. The van der Waals surface area contributed by atoms with E-state index in [4.69, 9.17) is 0 Å². The molecule has 0 radical (unpaired) electrons. The van der Waals surface area contributed by atoms with Crippen LogP contribution in [-0.4, -0.2) is 5.91 Å². The van der Waals surface area contributed by atoms with Crippen LogP contribution in [0.5, 0.6) is 0 Å². The third-order valence-electron chi connectivity index (χ3n) is 2.46. The summed E-state index contributed by atoms with van der Waals surface area (Å²) in [7, 11) is 0. The number of carbonyl (C=O) groups excluding carboxylic acids is 1. The van der Waals surface area contributed by atoms with Gasteiger partial charge in [0.05, 0.1) is 5.56 Å². The summed E-state index contributed by atoms with van der Waals surface area (Å²) in [6.07, 6.45) is 0. The van der Waals surface area contributed by atoms with Gasteiger partial charge in [-0.15, -0.1) is 0 Å². The topological polar surface area (TPSA) is 29.1 Å². The highest BCUT2D eigenvalue weighted by Crippen LogP contribution is 2.11. The van der Waals surface area contributed by atoms with Gasteiger partial charge in [0.25, 0.3) is 5.91 Å². The Morgan fingerprint density at radius 2 is 1.94 bits per heavy atom. The lowest BCUT2D eigenvalue weighted by molar-refractivity contribution is 0.0950. The molecule has 0 unspecified atom stereocenters. The van der Waals surface area contributed by atoms with Gasteiger partial charge in [0.2, 0.25) is 0 Å². The van der Waals surface area contributed by atoms with Gasteiger partial charge in [-0.2, -0.15) is 0 Å². The fourth-order valence-electron chi connectivity index (χ4n) is 1.57. The van der Waals surface area contributed by atoms with Gasteiger partial charge in [-0.3, -0.25) is 4.79 Å². The van der Waals surface area contributed by atoms with Crippen LogP contribution in [0.4, 0.5) is 4.39 Å². The molecule has 92 valence electrons. The summed E-state index contributed by atoms with van der Waals surface area (Å²) in [6.45, 7) is 0.321. The molecule has 0 spiro atoms. The third kappa shape index (κ3) is 3.29. The average Bonchev–Trinajstić information content (AvgIpc) is 2.37. The van der Waals surface area contributed by atoms with Crippen LogP contribution in [0, 0.1) is 9.39 Å². The summed E-state index contributed by atoms with van der Waals surface area (Å²) in [4.78, 5) is 11.9. The largest absolute Gasteiger partial charge is 0.348 e. The molecule has 0 saturated heterocycles. The van der Waals surface area contributed by atoms with Crippen molar-refractivity contribution in [2.24, 2.45) is 0 Å². The summed E-state index contributed by atoms with van der Waals surface area (Å²) in [5.41, 5.74) is 1.38. The molecule has 2 nitrogen and oxygen atoms in total. The monoisotopic (exact) mass is 355 g/mol. The first kappa shape index (κ1) is 13.0. The Balaban J connectivity index is 2.03. The van der Waals surface area contributed by atoms with Crippen molar-refractivity contribution in [1.29, 1.82) is 0 Å². The molecule has 0 aromatic heterocycles. The Labute approximate surface area is 118 Å². The van der Waals surface area contributed by atoms with Gasteiger partial charge in [-0.25, -0.2) is 4.39 Å². The van der Waals surface area contributed by atoms with Crippen molar-refractivity contribution in [3.05, 3.63) is 69.0 Å². The van der Waals surface area contributed by atoms with E-state index in [1.54, 1.807) is 18.2 Å². The highest BCUT2D eigenvalue weighted by molar-refractivity contribution is 14.1. The van der Waals surface area contributed by atoms with Gasteiger partial charge >= 0.3 is 0 Å². The maximum absolute atomic E-state index is 13.0. The van der Waals surface area contributed by atoms with E-state index in [1.165, 1.54) is 12.1 Å². The normalized spacial score (nSPS) is 10.1. The Hall–Kier alpha value is -1.43. The fourth-order valence-corrected chi connectivity index (χ4v) is 2.20. The second-order valence-corrected chi connectivity index (χ2v) is 4.95. The van der Waals surface area contributed by atoms with Crippen LogP contribution in [-0.2, 0) is 6.54 Å². The maximum atomic E-state index is 13.0. The zero-order valence-corrected chi connectivity index (χ0v) is 11.6. The number of amides is 1. The molecule has 1 N–H and O–H groups in total. The van der Waals surface area contributed by atoms with E-state index in [1.807, 2.05) is 18.2 Å². The lowest BCUT2D eigenvalue weighted by atomic mass is 10.2. The van der Waals surface area contributed by atoms with Gasteiger partial charge in [0.1, 0.15) is 5.82 Å². The number of rotatable bonds is 3. The van der Waals surface area contributed by atoms with Crippen LogP contribution in [0.25, 0.3) is 0 Å². The van der Waals surface area contributed by atoms with E-state index in [2.05, 4.69) is 27.9 Å². The van der Waals surface area contributed by atoms with Crippen LogP contribution in [0.15, 0.2) is 48.5 Å². The Morgan fingerprint density at radius 3 is 2.67 bits per heavy atom. The van der Waals surface area contributed by atoms with Gasteiger partial charge in [-0.05, 0) is 52.4 Å². The van der Waals surface area contributed by atoms with Crippen LogP contribution < -0.4 is 5.32 Å². The number of nitrogens with one attached hydrogen (secondary N) is 1. The third-order valence-corrected chi connectivity index (χ3v) is 3.40. The smallest absolute Gasteiger partial charge is 0.252 e. The summed E-state index contributed by atoms with van der Waals surface area (Å²) in [6, 6.07) is 13.5.